The summed E-state index contributed by atoms with van der Waals surface area (Å²) < 4.78 is 30.7. The van der Waals surface area contributed by atoms with Crippen molar-refractivity contribution in [3.05, 3.63) is 29.6 Å². The van der Waals surface area contributed by atoms with E-state index in [2.05, 4.69) is 10.3 Å². The van der Waals surface area contributed by atoms with Crippen molar-refractivity contribution < 1.29 is 13.5 Å². The maximum absolute atomic E-state index is 13.0. The molecule has 0 bridgehead atoms. The average Bonchev–Trinajstić information content (AvgIpc) is 2.16. The molecular formula is C9H12F2N2O. The summed E-state index contributed by atoms with van der Waals surface area (Å²) in [7, 11) is 1.56. The van der Waals surface area contributed by atoms with E-state index in [1.165, 1.54) is 0 Å². The average molecular weight is 202 g/mol. The predicted octanol–water partition coefficient (Wildman–Crippen LogP) is 1.10. The molecule has 0 aromatic carbocycles. The number of nitrogens with zero attached hydrogens (tertiary/aromatic N) is 1. The van der Waals surface area contributed by atoms with Gasteiger partial charge in [-0.15, -0.1) is 0 Å². The van der Waals surface area contributed by atoms with E-state index in [-0.39, 0.29) is 12.1 Å². The minimum Gasteiger partial charge on any atom is -0.383 e. The second kappa shape index (κ2) is 5.62. The van der Waals surface area contributed by atoms with E-state index in [1.807, 2.05) is 0 Å². The van der Waals surface area contributed by atoms with Gasteiger partial charge in [-0.25, -0.2) is 8.78 Å². The van der Waals surface area contributed by atoms with Gasteiger partial charge in [0.25, 0.3) is 0 Å². The van der Waals surface area contributed by atoms with Crippen LogP contribution in [0.4, 0.5) is 8.78 Å². The molecule has 1 N–H and O–H groups in total. The number of ether oxygens (including phenoxy) is 1. The minimum atomic E-state index is -0.630. The van der Waals surface area contributed by atoms with Crippen molar-refractivity contribution >= 4 is 0 Å². The molecule has 0 saturated heterocycles. The molecule has 5 heteroatoms. The van der Waals surface area contributed by atoms with Crippen LogP contribution in [0.25, 0.3) is 0 Å². The molecule has 0 aliphatic carbocycles. The largest absolute Gasteiger partial charge is 0.383 e. The van der Waals surface area contributed by atoms with Crippen molar-refractivity contribution in [1.29, 1.82) is 0 Å². The molecule has 1 rings (SSSR count). The Hall–Kier alpha value is -1.07. The van der Waals surface area contributed by atoms with Crippen LogP contribution in [0, 0.1) is 11.6 Å². The number of methoxy groups -OCH3 is 1. The molecule has 0 aliphatic rings. The number of rotatable bonds is 5. The van der Waals surface area contributed by atoms with Gasteiger partial charge in [0.2, 0.25) is 0 Å². The molecule has 0 spiro atoms. The van der Waals surface area contributed by atoms with Gasteiger partial charge in [0.05, 0.1) is 19.0 Å². The number of hydrogen-bond donors (Lipinski definition) is 1. The first kappa shape index (κ1) is 11.0. The molecule has 0 radical (unpaired) electrons. The number of nitrogens with one attached hydrogen (secondary N) is 1. The van der Waals surface area contributed by atoms with Crippen LogP contribution in [-0.4, -0.2) is 25.2 Å². The monoisotopic (exact) mass is 202 g/mol. The number of aromatic nitrogens is 1. The standard InChI is InChI=1S/C9H12F2N2O/c1-14-3-2-12-4-7-8(10)5-13-6-9(7)11/h5-6,12H,2-4H2,1H3. The summed E-state index contributed by atoms with van der Waals surface area (Å²) in [6.45, 7) is 1.20. The Kier molecular flexibility index (Phi) is 4.42. The Labute approximate surface area is 81.1 Å². The Morgan fingerprint density at radius 2 is 2.00 bits per heavy atom. The fourth-order valence-corrected chi connectivity index (χ4v) is 0.995. The number of hydrogen-bond acceptors (Lipinski definition) is 3. The van der Waals surface area contributed by atoms with Gasteiger partial charge in [0.15, 0.2) is 0 Å². The van der Waals surface area contributed by atoms with Crippen LogP contribution in [0.1, 0.15) is 5.56 Å². The highest BCUT2D eigenvalue weighted by Gasteiger charge is 2.07. The van der Waals surface area contributed by atoms with Gasteiger partial charge in [-0.3, -0.25) is 4.98 Å². The van der Waals surface area contributed by atoms with E-state index in [4.69, 9.17) is 4.74 Å². The first-order chi connectivity index (χ1) is 6.75. The van der Waals surface area contributed by atoms with Crippen LogP contribution in [0.15, 0.2) is 12.4 Å². The minimum absolute atomic E-state index is 0.0103. The van der Waals surface area contributed by atoms with E-state index in [0.29, 0.717) is 13.2 Å². The molecular weight excluding hydrogens is 190 g/mol. The maximum atomic E-state index is 13.0. The molecule has 1 heterocycles. The lowest BCUT2D eigenvalue weighted by molar-refractivity contribution is 0.199. The van der Waals surface area contributed by atoms with Crippen LogP contribution in [0.2, 0.25) is 0 Å². The number of pyridine rings is 1. The van der Waals surface area contributed by atoms with Crippen LogP contribution in [0.5, 0.6) is 0 Å². The lowest BCUT2D eigenvalue weighted by Gasteiger charge is -2.05. The fraction of sp³-hybridized carbons (Fsp3) is 0.444. The van der Waals surface area contributed by atoms with Crippen molar-refractivity contribution in [3.8, 4) is 0 Å². The van der Waals surface area contributed by atoms with E-state index in [9.17, 15) is 8.78 Å². The van der Waals surface area contributed by atoms with Gasteiger partial charge in [-0.05, 0) is 0 Å². The van der Waals surface area contributed by atoms with E-state index in [1.54, 1.807) is 7.11 Å². The zero-order valence-corrected chi connectivity index (χ0v) is 7.89. The molecule has 0 atom stereocenters. The lowest BCUT2D eigenvalue weighted by atomic mass is 10.2. The van der Waals surface area contributed by atoms with Crippen LogP contribution in [-0.2, 0) is 11.3 Å². The number of halogens is 2. The SMILES string of the molecule is COCCNCc1c(F)cncc1F. The van der Waals surface area contributed by atoms with Gasteiger partial charge < -0.3 is 10.1 Å². The molecule has 1 aromatic heterocycles. The highest BCUT2D eigenvalue weighted by Crippen LogP contribution is 2.09. The molecule has 78 valence electrons. The summed E-state index contributed by atoms with van der Waals surface area (Å²) in [5.74, 6) is -1.26. The summed E-state index contributed by atoms with van der Waals surface area (Å²) >= 11 is 0. The zero-order valence-electron chi connectivity index (χ0n) is 7.89. The molecule has 0 fully saturated rings. The van der Waals surface area contributed by atoms with Crippen molar-refractivity contribution in [2.24, 2.45) is 0 Å². The van der Waals surface area contributed by atoms with E-state index >= 15 is 0 Å². The second-order valence-corrected chi connectivity index (χ2v) is 2.75. The fourth-order valence-electron chi connectivity index (χ4n) is 0.995. The third-order valence-electron chi connectivity index (χ3n) is 1.74. The highest BCUT2D eigenvalue weighted by atomic mass is 19.1. The third-order valence-corrected chi connectivity index (χ3v) is 1.74. The Morgan fingerprint density at radius 3 is 2.57 bits per heavy atom. The van der Waals surface area contributed by atoms with Gasteiger partial charge >= 0.3 is 0 Å². The maximum Gasteiger partial charge on any atom is 0.148 e. The molecule has 0 aliphatic heterocycles. The molecule has 3 nitrogen and oxygen atoms in total. The lowest BCUT2D eigenvalue weighted by Crippen LogP contribution is -2.20. The quantitative estimate of drug-likeness (QED) is 0.726. The summed E-state index contributed by atoms with van der Waals surface area (Å²) in [5.41, 5.74) is 0.0103. The van der Waals surface area contributed by atoms with Gasteiger partial charge in [0.1, 0.15) is 11.6 Å². The van der Waals surface area contributed by atoms with Crippen molar-refractivity contribution in [2.45, 2.75) is 6.54 Å². The Bertz CT molecular complexity index is 274. The first-order valence-electron chi connectivity index (χ1n) is 4.23. The third kappa shape index (κ3) is 3.01. The summed E-state index contributed by atoms with van der Waals surface area (Å²) in [6.07, 6.45) is 1.99. The van der Waals surface area contributed by atoms with Gasteiger partial charge in [0, 0.05) is 25.8 Å². The van der Waals surface area contributed by atoms with Crippen molar-refractivity contribution in [1.82, 2.24) is 10.3 Å². The van der Waals surface area contributed by atoms with Crippen molar-refractivity contribution in [3.63, 3.8) is 0 Å². The normalized spacial score (nSPS) is 10.5. The Balaban J connectivity index is 2.49. The molecule has 1 aromatic rings. The second-order valence-electron chi connectivity index (χ2n) is 2.75. The van der Waals surface area contributed by atoms with Crippen LogP contribution in [0.3, 0.4) is 0 Å². The van der Waals surface area contributed by atoms with Crippen LogP contribution >= 0.6 is 0 Å². The topological polar surface area (TPSA) is 34.1 Å². The molecule has 0 unspecified atom stereocenters. The first-order valence-corrected chi connectivity index (χ1v) is 4.23. The highest BCUT2D eigenvalue weighted by molar-refractivity contribution is 5.14. The zero-order chi connectivity index (χ0) is 10.4. The smallest absolute Gasteiger partial charge is 0.148 e. The molecule has 0 saturated carbocycles. The van der Waals surface area contributed by atoms with E-state index < -0.39 is 11.6 Å². The molecule has 14 heavy (non-hydrogen) atoms. The molecule has 0 amide bonds. The van der Waals surface area contributed by atoms with Gasteiger partial charge in [-0.1, -0.05) is 0 Å². The summed E-state index contributed by atoms with van der Waals surface area (Å²) in [4.78, 5) is 3.39. The summed E-state index contributed by atoms with van der Waals surface area (Å²) in [5, 5.41) is 2.85. The van der Waals surface area contributed by atoms with Gasteiger partial charge in [-0.2, -0.15) is 0 Å². The van der Waals surface area contributed by atoms with Crippen molar-refractivity contribution in [2.75, 3.05) is 20.3 Å². The van der Waals surface area contributed by atoms with E-state index in [0.717, 1.165) is 12.4 Å². The summed E-state index contributed by atoms with van der Waals surface area (Å²) in [6, 6.07) is 0. The predicted molar refractivity (Wildman–Crippen MR) is 47.7 cm³/mol. The Morgan fingerprint density at radius 1 is 1.36 bits per heavy atom. The van der Waals surface area contributed by atoms with Crippen LogP contribution < -0.4 is 5.32 Å².